The Labute approximate surface area is 207 Å². The highest BCUT2D eigenvalue weighted by molar-refractivity contribution is 6.31. The first-order valence-corrected chi connectivity index (χ1v) is 11.4. The van der Waals surface area contributed by atoms with Gasteiger partial charge in [0.15, 0.2) is 0 Å². The molecule has 6 nitrogen and oxygen atoms in total. The largest absolute Gasteiger partial charge is 0.497 e. The molecule has 3 aromatic carbocycles. The first kappa shape index (κ1) is 23.8. The number of imide groups is 1. The van der Waals surface area contributed by atoms with Crippen molar-refractivity contribution in [3.05, 3.63) is 94.0 Å². The van der Waals surface area contributed by atoms with Gasteiger partial charge in [-0.2, -0.15) is 0 Å². The van der Waals surface area contributed by atoms with Gasteiger partial charge in [0.25, 0.3) is 11.8 Å². The highest BCUT2D eigenvalue weighted by Crippen LogP contribution is 2.28. The van der Waals surface area contributed by atoms with Crippen LogP contribution in [-0.2, 0) is 16.0 Å². The molecule has 3 amide bonds. The molecule has 0 N–H and O–H groups in total. The van der Waals surface area contributed by atoms with Gasteiger partial charge in [0.1, 0.15) is 11.8 Å². The van der Waals surface area contributed by atoms with Crippen LogP contribution in [0, 0.1) is 0 Å². The molecule has 1 atom stereocenters. The van der Waals surface area contributed by atoms with Crippen molar-refractivity contribution in [3.8, 4) is 5.75 Å². The number of hydrogen-bond acceptors (Lipinski definition) is 4. The molecule has 1 unspecified atom stereocenters. The normalized spacial score (nSPS) is 15.5. The van der Waals surface area contributed by atoms with Crippen molar-refractivity contribution in [1.82, 2.24) is 4.90 Å². The molecule has 0 radical (unpaired) electrons. The van der Waals surface area contributed by atoms with Crippen LogP contribution in [0.15, 0.2) is 72.8 Å². The Morgan fingerprint density at radius 2 is 1.71 bits per heavy atom. The second-order valence-electron chi connectivity index (χ2n) is 7.87. The number of halogens is 2. The van der Waals surface area contributed by atoms with E-state index in [0.717, 1.165) is 10.5 Å². The molecule has 0 bridgehead atoms. The molecule has 1 saturated heterocycles. The van der Waals surface area contributed by atoms with Crippen molar-refractivity contribution >= 4 is 46.6 Å². The third-order valence-corrected chi connectivity index (χ3v) is 6.20. The van der Waals surface area contributed by atoms with E-state index < -0.39 is 11.9 Å². The number of nitrogens with zero attached hydrogens (tertiary/aromatic N) is 2. The minimum atomic E-state index is -0.919. The Morgan fingerprint density at radius 3 is 2.35 bits per heavy atom. The van der Waals surface area contributed by atoms with Gasteiger partial charge in [0.2, 0.25) is 5.91 Å². The van der Waals surface area contributed by atoms with Gasteiger partial charge in [-0.1, -0.05) is 35.3 Å². The van der Waals surface area contributed by atoms with Gasteiger partial charge in [0.05, 0.1) is 19.2 Å². The van der Waals surface area contributed by atoms with Crippen LogP contribution in [-0.4, -0.2) is 42.3 Å². The zero-order valence-electron chi connectivity index (χ0n) is 18.4. The van der Waals surface area contributed by atoms with Crippen LogP contribution >= 0.6 is 23.2 Å². The SMILES string of the molecule is COc1ccc(C(=O)N(CCc2cccc(Cl)c2)C2CC(=O)N(c3ccc(Cl)cc3)C2=O)cc1. The monoisotopic (exact) mass is 496 g/mol. The van der Waals surface area contributed by atoms with Gasteiger partial charge in [0, 0.05) is 22.2 Å². The van der Waals surface area contributed by atoms with Crippen LogP contribution in [0.2, 0.25) is 10.0 Å². The number of carbonyl (C=O) groups is 3. The molecule has 3 aromatic rings. The molecule has 1 aliphatic heterocycles. The molecule has 0 aliphatic carbocycles. The van der Waals surface area contributed by atoms with Crippen molar-refractivity contribution in [2.45, 2.75) is 18.9 Å². The Balaban J connectivity index is 1.63. The number of methoxy groups -OCH3 is 1. The smallest absolute Gasteiger partial charge is 0.257 e. The fraction of sp³-hybridized carbons (Fsp3) is 0.192. The van der Waals surface area contributed by atoms with Crippen LogP contribution < -0.4 is 9.64 Å². The third-order valence-electron chi connectivity index (χ3n) is 5.71. The molecule has 1 fully saturated rings. The second kappa shape index (κ2) is 10.3. The van der Waals surface area contributed by atoms with Gasteiger partial charge >= 0.3 is 0 Å². The van der Waals surface area contributed by atoms with Crippen molar-refractivity contribution in [2.75, 3.05) is 18.6 Å². The lowest BCUT2D eigenvalue weighted by atomic mass is 10.1. The zero-order valence-corrected chi connectivity index (χ0v) is 19.9. The van der Waals surface area contributed by atoms with Crippen molar-refractivity contribution in [3.63, 3.8) is 0 Å². The maximum Gasteiger partial charge on any atom is 0.257 e. The molecule has 4 rings (SSSR count). The van der Waals surface area contributed by atoms with E-state index in [9.17, 15) is 14.4 Å². The van der Waals surface area contributed by atoms with Crippen molar-refractivity contribution in [1.29, 1.82) is 0 Å². The van der Waals surface area contributed by atoms with Crippen LogP contribution in [0.1, 0.15) is 22.3 Å². The van der Waals surface area contributed by atoms with E-state index in [1.54, 1.807) is 61.7 Å². The minimum absolute atomic E-state index is 0.0983. The Bertz CT molecular complexity index is 1210. The maximum absolute atomic E-state index is 13.5. The summed E-state index contributed by atoms with van der Waals surface area (Å²) in [5.74, 6) is -0.537. The standard InChI is InChI=1S/C26H22Cl2N2O4/c1-34-22-11-5-18(6-12-22)25(32)29(14-13-17-3-2-4-20(28)15-17)23-16-24(31)30(26(23)33)21-9-7-19(27)8-10-21/h2-12,15,23H,13-14,16H2,1H3. The maximum atomic E-state index is 13.5. The third kappa shape index (κ3) is 5.08. The number of carbonyl (C=O) groups excluding carboxylic acids is 3. The fourth-order valence-corrected chi connectivity index (χ4v) is 4.30. The minimum Gasteiger partial charge on any atom is -0.497 e. The fourth-order valence-electron chi connectivity index (χ4n) is 3.96. The number of rotatable bonds is 7. The van der Waals surface area contributed by atoms with Crippen molar-refractivity contribution < 1.29 is 19.1 Å². The second-order valence-corrected chi connectivity index (χ2v) is 8.74. The van der Waals surface area contributed by atoms with Crippen molar-refractivity contribution in [2.24, 2.45) is 0 Å². The number of anilines is 1. The van der Waals surface area contributed by atoms with E-state index in [0.29, 0.717) is 33.5 Å². The molecular weight excluding hydrogens is 475 g/mol. The topological polar surface area (TPSA) is 66.9 Å². The van der Waals surface area contributed by atoms with E-state index in [4.69, 9.17) is 27.9 Å². The van der Waals surface area contributed by atoms with Crippen LogP contribution in [0.4, 0.5) is 5.69 Å². The molecule has 1 aliphatic rings. The first-order valence-electron chi connectivity index (χ1n) is 10.7. The summed E-state index contributed by atoms with van der Waals surface area (Å²) in [6, 6.07) is 19.5. The van der Waals surface area contributed by atoms with E-state index in [-0.39, 0.29) is 24.8 Å². The van der Waals surface area contributed by atoms with Gasteiger partial charge in [-0.3, -0.25) is 14.4 Å². The highest BCUT2D eigenvalue weighted by atomic mass is 35.5. The number of hydrogen-bond donors (Lipinski definition) is 0. The number of amides is 3. The molecule has 8 heteroatoms. The molecule has 0 spiro atoms. The van der Waals surface area contributed by atoms with E-state index >= 15 is 0 Å². The lowest BCUT2D eigenvalue weighted by Gasteiger charge is -2.28. The molecule has 174 valence electrons. The molecule has 0 aromatic heterocycles. The zero-order chi connectivity index (χ0) is 24.2. The summed E-state index contributed by atoms with van der Waals surface area (Å²) in [6.45, 7) is 0.239. The summed E-state index contributed by atoms with van der Waals surface area (Å²) in [5.41, 5.74) is 1.75. The summed E-state index contributed by atoms with van der Waals surface area (Å²) in [4.78, 5) is 42.3. The van der Waals surface area contributed by atoms with Gasteiger partial charge < -0.3 is 9.64 Å². The van der Waals surface area contributed by atoms with Gasteiger partial charge in [-0.25, -0.2) is 4.90 Å². The van der Waals surface area contributed by atoms with E-state index in [2.05, 4.69) is 0 Å². The van der Waals surface area contributed by atoms with Gasteiger partial charge in [-0.05, 0) is 72.6 Å². The predicted octanol–water partition coefficient (Wildman–Crippen LogP) is 5.02. The Hall–Kier alpha value is -3.35. The Morgan fingerprint density at radius 1 is 1.00 bits per heavy atom. The average molecular weight is 497 g/mol. The lowest BCUT2D eigenvalue weighted by molar-refractivity contribution is -0.122. The quantitative estimate of drug-likeness (QED) is 0.430. The summed E-state index contributed by atoms with van der Waals surface area (Å²) in [5, 5.41) is 1.09. The van der Waals surface area contributed by atoms with Crippen LogP contribution in [0.5, 0.6) is 5.75 Å². The molecular formula is C26H22Cl2N2O4. The van der Waals surface area contributed by atoms with E-state index in [1.807, 2.05) is 18.2 Å². The molecule has 34 heavy (non-hydrogen) atoms. The highest BCUT2D eigenvalue weighted by Gasteiger charge is 2.44. The first-order chi connectivity index (χ1) is 16.4. The summed E-state index contributed by atoms with van der Waals surface area (Å²) < 4.78 is 5.18. The predicted molar refractivity (Wildman–Crippen MR) is 132 cm³/mol. The molecule has 1 heterocycles. The summed E-state index contributed by atoms with van der Waals surface area (Å²) in [6.07, 6.45) is 0.375. The molecule has 0 saturated carbocycles. The summed E-state index contributed by atoms with van der Waals surface area (Å²) >= 11 is 12.1. The average Bonchev–Trinajstić information content (AvgIpc) is 3.13. The van der Waals surface area contributed by atoms with Crippen LogP contribution in [0.25, 0.3) is 0 Å². The number of benzene rings is 3. The lowest BCUT2D eigenvalue weighted by Crippen LogP contribution is -2.46. The van der Waals surface area contributed by atoms with Crippen LogP contribution in [0.3, 0.4) is 0 Å². The Kier molecular flexibility index (Phi) is 7.20. The summed E-state index contributed by atoms with van der Waals surface area (Å²) in [7, 11) is 1.54. The van der Waals surface area contributed by atoms with E-state index in [1.165, 1.54) is 4.90 Å². The van der Waals surface area contributed by atoms with Gasteiger partial charge in [-0.15, -0.1) is 0 Å². The number of ether oxygens (including phenoxy) is 1.